The lowest BCUT2D eigenvalue weighted by molar-refractivity contribution is -0.138. The number of carboxylic acid groups (broad SMARTS) is 1. The van der Waals surface area contributed by atoms with Crippen molar-refractivity contribution in [2.45, 2.75) is 45.3 Å². The van der Waals surface area contributed by atoms with Gasteiger partial charge in [-0.15, -0.1) is 11.3 Å². The van der Waals surface area contributed by atoms with Crippen molar-refractivity contribution in [1.29, 1.82) is 0 Å². The molecule has 0 spiro atoms. The third-order valence-corrected chi connectivity index (χ3v) is 5.26. The number of rotatable bonds is 5. The molecule has 1 aromatic heterocycles. The minimum atomic E-state index is -0.729. The molecule has 1 atom stereocenters. The van der Waals surface area contributed by atoms with E-state index in [1.54, 1.807) is 11.3 Å². The van der Waals surface area contributed by atoms with Gasteiger partial charge in [-0.05, 0) is 24.0 Å². The highest BCUT2D eigenvalue weighted by atomic mass is 32.1. The van der Waals surface area contributed by atoms with Crippen LogP contribution in [0.4, 0.5) is 0 Å². The van der Waals surface area contributed by atoms with Crippen molar-refractivity contribution in [2.75, 3.05) is 0 Å². The van der Waals surface area contributed by atoms with E-state index >= 15 is 0 Å². The molecule has 116 valence electrons. The van der Waals surface area contributed by atoms with Gasteiger partial charge in [0.05, 0.1) is 11.4 Å². The maximum absolute atomic E-state index is 11.2. The van der Waals surface area contributed by atoms with Crippen LogP contribution in [0.5, 0.6) is 0 Å². The predicted octanol–water partition coefficient (Wildman–Crippen LogP) is 3.11. The predicted molar refractivity (Wildman–Crippen MR) is 86.9 cm³/mol. The van der Waals surface area contributed by atoms with Crippen molar-refractivity contribution in [3.05, 3.63) is 51.5 Å². The molecule has 0 bridgehead atoms. The van der Waals surface area contributed by atoms with E-state index < -0.39 is 5.97 Å². The van der Waals surface area contributed by atoms with E-state index in [1.165, 1.54) is 16.0 Å². The molecule has 0 aliphatic carbocycles. The van der Waals surface area contributed by atoms with Crippen LogP contribution in [0.2, 0.25) is 0 Å². The minimum absolute atomic E-state index is 0.0552. The van der Waals surface area contributed by atoms with E-state index in [4.69, 9.17) is 0 Å². The number of nitrogens with zero attached hydrogens (tertiary/aromatic N) is 2. The summed E-state index contributed by atoms with van der Waals surface area (Å²) in [5.41, 5.74) is 2.59. The van der Waals surface area contributed by atoms with E-state index in [2.05, 4.69) is 35.0 Å². The smallest absolute Gasteiger partial charge is 0.304 e. The molecule has 0 saturated heterocycles. The number of thiazole rings is 1. The monoisotopic (exact) mass is 316 g/mol. The third-order valence-electron chi connectivity index (χ3n) is 4.14. The van der Waals surface area contributed by atoms with Crippen LogP contribution in [-0.2, 0) is 30.7 Å². The number of hydrogen-bond acceptors (Lipinski definition) is 4. The number of hydrogen-bond donors (Lipinski definition) is 1. The Balaban J connectivity index is 1.81. The quantitative estimate of drug-likeness (QED) is 0.921. The van der Waals surface area contributed by atoms with Crippen LogP contribution >= 0.6 is 11.3 Å². The molecule has 2 aromatic rings. The summed E-state index contributed by atoms with van der Waals surface area (Å²) >= 11 is 1.73. The van der Waals surface area contributed by atoms with Crippen molar-refractivity contribution in [2.24, 2.45) is 0 Å². The standard InChI is InChI=1S/C17H20N2O2S/c1-2-16-18-9-15(22-16)11-19-10-13-6-4-3-5-12(13)7-14(19)8-17(20)21/h3-6,9,14H,2,7-8,10-11H2,1H3,(H,20,21)/t14-/m0/s1. The average molecular weight is 316 g/mol. The molecule has 22 heavy (non-hydrogen) atoms. The second-order valence-corrected chi connectivity index (χ2v) is 6.90. The van der Waals surface area contributed by atoms with Gasteiger partial charge in [0.15, 0.2) is 0 Å². The number of carbonyl (C=O) groups is 1. The van der Waals surface area contributed by atoms with Gasteiger partial charge in [-0.3, -0.25) is 9.69 Å². The second-order valence-electron chi connectivity index (χ2n) is 5.70. The summed E-state index contributed by atoms with van der Waals surface area (Å²) in [5, 5.41) is 10.3. The Kier molecular flexibility index (Phi) is 4.55. The molecule has 1 aliphatic rings. The number of benzene rings is 1. The zero-order chi connectivity index (χ0) is 15.5. The Morgan fingerprint density at radius 3 is 2.86 bits per heavy atom. The maximum atomic E-state index is 11.2. The molecule has 0 fully saturated rings. The first-order chi connectivity index (χ1) is 10.7. The van der Waals surface area contributed by atoms with E-state index in [1.807, 2.05) is 12.3 Å². The minimum Gasteiger partial charge on any atom is -0.481 e. The van der Waals surface area contributed by atoms with Gasteiger partial charge in [-0.2, -0.15) is 0 Å². The molecule has 0 saturated carbocycles. The summed E-state index contributed by atoms with van der Waals surface area (Å²) < 4.78 is 0. The van der Waals surface area contributed by atoms with Crippen LogP contribution in [-0.4, -0.2) is 27.0 Å². The van der Waals surface area contributed by atoms with Crippen LogP contribution in [0.3, 0.4) is 0 Å². The Hall–Kier alpha value is -1.72. The normalized spacial score (nSPS) is 18.1. The number of aromatic nitrogens is 1. The molecule has 4 nitrogen and oxygen atoms in total. The Morgan fingerprint density at radius 1 is 1.41 bits per heavy atom. The van der Waals surface area contributed by atoms with Crippen LogP contribution in [0.15, 0.2) is 30.5 Å². The Labute approximate surface area is 134 Å². The summed E-state index contributed by atoms with van der Waals surface area (Å²) in [6.07, 6.45) is 3.88. The van der Waals surface area contributed by atoms with Crippen LogP contribution in [0.1, 0.15) is 34.4 Å². The van der Waals surface area contributed by atoms with Crippen molar-refractivity contribution >= 4 is 17.3 Å². The van der Waals surface area contributed by atoms with Gasteiger partial charge in [0, 0.05) is 30.2 Å². The zero-order valence-corrected chi connectivity index (χ0v) is 13.5. The zero-order valence-electron chi connectivity index (χ0n) is 12.7. The fourth-order valence-electron chi connectivity index (χ4n) is 3.01. The first kappa shape index (κ1) is 15.2. The van der Waals surface area contributed by atoms with Crippen molar-refractivity contribution in [1.82, 2.24) is 9.88 Å². The molecule has 1 aromatic carbocycles. The highest BCUT2D eigenvalue weighted by Crippen LogP contribution is 2.27. The summed E-state index contributed by atoms with van der Waals surface area (Å²) in [4.78, 5) is 19.1. The molecular formula is C17H20N2O2S. The molecule has 5 heteroatoms. The van der Waals surface area contributed by atoms with Crippen LogP contribution < -0.4 is 0 Å². The van der Waals surface area contributed by atoms with Gasteiger partial charge in [0.1, 0.15) is 0 Å². The molecule has 1 aliphatic heterocycles. The lowest BCUT2D eigenvalue weighted by atomic mass is 9.92. The number of aryl methyl sites for hydroxylation is 1. The van der Waals surface area contributed by atoms with E-state index in [0.29, 0.717) is 0 Å². The third kappa shape index (κ3) is 3.36. The first-order valence-electron chi connectivity index (χ1n) is 7.62. The molecule has 3 rings (SSSR count). The Morgan fingerprint density at radius 2 is 2.18 bits per heavy atom. The first-order valence-corrected chi connectivity index (χ1v) is 8.43. The van der Waals surface area contributed by atoms with Crippen molar-refractivity contribution in [3.8, 4) is 0 Å². The van der Waals surface area contributed by atoms with Gasteiger partial charge in [0.25, 0.3) is 0 Å². The van der Waals surface area contributed by atoms with E-state index in [-0.39, 0.29) is 12.5 Å². The molecule has 1 N–H and O–H groups in total. The highest BCUT2D eigenvalue weighted by molar-refractivity contribution is 7.11. The number of fused-ring (bicyclic) bond motifs is 1. The van der Waals surface area contributed by atoms with Crippen molar-refractivity contribution in [3.63, 3.8) is 0 Å². The molecule has 0 amide bonds. The van der Waals surface area contributed by atoms with Gasteiger partial charge in [0.2, 0.25) is 0 Å². The summed E-state index contributed by atoms with van der Waals surface area (Å²) in [5.74, 6) is -0.729. The maximum Gasteiger partial charge on any atom is 0.304 e. The highest BCUT2D eigenvalue weighted by Gasteiger charge is 2.28. The summed E-state index contributed by atoms with van der Waals surface area (Å²) in [6, 6.07) is 8.39. The summed E-state index contributed by atoms with van der Waals surface area (Å²) in [6.45, 7) is 3.70. The van der Waals surface area contributed by atoms with E-state index in [0.717, 1.165) is 30.9 Å². The summed E-state index contributed by atoms with van der Waals surface area (Å²) in [7, 11) is 0. The topological polar surface area (TPSA) is 53.4 Å². The fraction of sp³-hybridized carbons (Fsp3) is 0.412. The molecular weight excluding hydrogens is 296 g/mol. The lowest BCUT2D eigenvalue weighted by Gasteiger charge is -2.35. The largest absolute Gasteiger partial charge is 0.481 e. The molecule has 2 heterocycles. The average Bonchev–Trinajstić information content (AvgIpc) is 2.95. The lowest BCUT2D eigenvalue weighted by Crippen LogP contribution is -2.41. The van der Waals surface area contributed by atoms with Crippen molar-refractivity contribution < 1.29 is 9.90 Å². The van der Waals surface area contributed by atoms with Gasteiger partial charge < -0.3 is 5.11 Å². The molecule has 0 unspecified atom stereocenters. The Bertz CT molecular complexity index is 668. The van der Waals surface area contributed by atoms with Gasteiger partial charge in [-0.25, -0.2) is 4.98 Å². The SMILES string of the molecule is CCc1ncc(CN2Cc3ccccc3C[C@H]2CC(=O)O)s1. The number of carboxylic acids is 1. The van der Waals surface area contributed by atoms with Crippen LogP contribution in [0, 0.1) is 0 Å². The van der Waals surface area contributed by atoms with Crippen LogP contribution in [0.25, 0.3) is 0 Å². The van der Waals surface area contributed by atoms with Gasteiger partial charge >= 0.3 is 5.97 Å². The molecule has 0 radical (unpaired) electrons. The van der Waals surface area contributed by atoms with Gasteiger partial charge in [-0.1, -0.05) is 31.2 Å². The second kappa shape index (κ2) is 6.58. The number of aliphatic carboxylic acids is 1. The van der Waals surface area contributed by atoms with E-state index in [9.17, 15) is 9.90 Å². The fourth-order valence-corrected chi connectivity index (χ4v) is 3.90.